The van der Waals surface area contributed by atoms with Crippen molar-refractivity contribution in [1.82, 2.24) is 10.2 Å². The number of amides is 2. The fourth-order valence-electron chi connectivity index (χ4n) is 6.82. The largest absolute Gasteiger partial charge is 0.508 e. The number of nitrogens with one attached hydrogen (secondary N) is 1. The maximum absolute atomic E-state index is 14.0. The quantitative estimate of drug-likeness (QED) is 0.208. The lowest BCUT2D eigenvalue weighted by atomic mass is 9.57. The number of primary amides is 1. The lowest BCUT2D eigenvalue weighted by molar-refractivity contribution is -0.153. The Balaban J connectivity index is 1.64. The number of phenols is 1. The third kappa shape index (κ3) is 4.59. The number of fused-ring (bicyclic) bond motifs is 3. The third-order valence-corrected chi connectivity index (χ3v) is 8.86. The van der Waals surface area contributed by atoms with Crippen molar-refractivity contribution in [2.24, 2.45) is 17.6 Å². The van der Waals surface area contributed by atoms with Crippen LogP contribution in [0.1, 0.15) is 47.7 Å². The van der Waals surface area contributed by atoms with E-state index in [0.717, 1.165) is 12.8 Å². The van der Waals surface area contributed by atoms with Gasteiger partial charge in [0.1, 0.15) is 22.8 Å². The molecule has 0 unspecified atom stereocenters. The van der Waals surface area contributed by atoms with Crippen LogP contribution in [0.15, 0.2) is 53.3 Å². The second kappa shape index (κ2) is 11.0. The topological polar surface area (TPSA) is 190 Å². The second-order valence-electron chi connectivity index (χ2n) is 11.6. The molecule has 0 spiro atoms. The maximum Gasteiger partial charge on any atom is 0.255 e. The molecule has 2 aromatic carbocycles. The molecule has 4 atom stereocenters. The van der Waals surface area contributed by atoms with E-state index < -0.39 is 58.0 Å². The van der Waals surface area contributed by atoms with Gasteiger partial charge in [0.25, 0.3) is 11.8 Å². The molecule has 11 nitrogen and oxygen atoms in total. The molecule has 0 aromatic heterocycles. The number of ketones is 2. The molecule has 0 saturated heterocycles. The molecule has 0 radical (unpaired) electrons. The number of hydrogen-bond acceptors (Lipinski definition) is 9. The first-order chi connectivity index (χ1) is 20.3. The first-order valence-electron chi connectivity index (χ1n) is 14.2. The number of benzene rings is 2. The number of aliphatic hydroxyl groups excluding tert-OH is 2. The first-order valence-corrected chi connectivity index (χ1v) is 14.2. The van der Waals surface area contributed by atoms with Crippen LogP contribution in [-0.4, -0.2) is 81.0 Å². The summed E-state index contributed by atoms with van der Waals surface area (Å²) in [7, 11) is 3.10. The van der Waals surface area contributed by atoms with E-state index in [9.17, 15) is 39.6 Å². The van der Waals surface area contributed by atoms with Crippen molar-refractivity contribution in [1.29, 1.82) is 0 Å². The normalized spacial score (nSPS) is 24.9. The van der Waals surface area contributed by atoms with E-state index in [1.807, 2.05) is 6.92 Å². The average molecular weight is 590 g/mol. The molecular weight excluding hydrogens is 554 g/mol. The van der Waals surface area contributed by atoms with Crippen LogP contribution in [0.25, 0.3) is 16.9 Å². The fraction of sp³-hybridized carbons (Fsp3) is 0.375. The summed E-state index contributed by atoms with van der Waals surface area (Å²) >= 11 is 0. The summed E-state index contributed by atoms with van der Waals surface area (Å²) in [6.45, 7) is 2.57. The van der Waals surface area contributed by atoms with E-state index in [1.54, 1.807) is 44.4 Å². The number of aliphatic hydroxyl groups is 3. The van der Waals surface area contributed by atoms with Gasteiger partial charge in [-0.15, -0.1) is 0 Å². The predicted molar refractivity (Wildman–Crippen MR) is 157 cm³/mol. The summed E-state index contributed by atoms with van der Waals surface area (Å²) < 4.78 is 0. The minimum Gasteiger partial charge on any atom is -0.508 e. The summed E-state index contributed by atoms with van der Waals surface area (Å²) in [6, 6.07) is 8.81. The molecule has 5 rings (SSSR count). The molecule has 11 heteroatoms. The number of rotatable bonds is 7. The van der Waals surface area contributed by atoms with Gasteiger partial charge in [-0.05, 0) is 74.2 Å². The van der Waals surface area contributed by atoms with Gasteiger partial charge < -0.3 is 31.5 Å². The number of hydrogen-bond donors (Lipinski definition) is 6. The Kier molecular flexibility index (Phi) is 7.66. The van der Waals surface area contributed by atoms with E-state index in [2.05, 4.69) is 5.32 Å². The van der Waals surface area contributed by atoms with Crippen molar-refractivity contribution in [2.45, 2.75) is 44.2 Å². The SMILES string of the molecule is CCCCNC(=O)c1cccc(-c2ccc(O)c3c2C[C@H]2C[C@H]4[C@H](N(C)C)C(=O)C(C(N)=O)=C(O)[C@@]4(O)C(=O)C2=C3O)c1. The van der Waals surface area contributed by atoms with Crippen molar-refractivity contribution in [3.05, 3.63) is 70.0 Å². The molecule has 0 heterocycles. The van der Waals surface area contributed by atoms with Crippen LogP contribution in [0.2, 0.25) is 0 Å². The molecule has 1 saturated carbocycles. The van der Waals surface area contributed by atoms with Gasteiger partial charge in [0.15, 0.2) is 11.4 Å². The Morgan fingerprint density at radius 1 is 1.12 bits per heavy atom. The van der Waals surface area contributed by atoms with Gasteiger partial charge in [-0.2, -0.15) is 0 Å². The highest BCUT2D eigenvalue weighted by Gasteiger charge is 2.64. The molecule has 1 fully saturated rings. The molecule has 226 valence electrons. The van der Waals surface area contributed by atoms with Crippen LogP contribution in [0.3, 0.4) is 0 Å². The van der Waals surface area contributed by atoms with Crippen LogP contribution >= 0.6 is 0 Å². The maximum atomic E-state index is 14.0. The van der Waals surface area contributed by atoms with Gasteiger partial charge in [-0.1, -0.05) is 31.5 Å². The second-order valence-corrected chi connectivity index (χ2v) is 11.6. The van der Waals surface area contributed by atoms with Gasteiger partial charge in [0.2, 0.25) is 5.78 Å². The van der Waals surface area contributed by atoms with Crippen LogP contribution < -0.4 is 11.1 Å². The van der Waals surface area contributed by atoms with Crippen molar-refractivity contribution in [2.75, 3.05) is 20.6 Å². The zero-order valence-corrected chi connectivity index (χ0v) is 24.2. The van der Waals surface area contributed by atoms with Gasteiger partial charge in [-0.25, -0.2) is 0 Å². The lowest BCUT2D eigenvalue weighted by Crippen LogP contribution is -2.65. The Morgan fingerprint density at radius 2 is 1.84 bits per heavy atom. The third-order valence-electron chi connectivity index (χ3n) is 8.86. The van der Waals surface area contributed by atoms with Gasteiger partial charge in [0.05, 0.1) is 11.6 Å². The average Bonchev–Trinajstić information content (AvgIpc) is 2.95. The number of likely N-dealkylation sites (N-methyl/N-ethyl adjacent to an activating group) is 1. The number of unbranched alkanes of at least 4 members (excludes halogenated alkanes) is 1. The summed E-state index contributed by atoms with van der Waals surface area (Å²) in [5.41, 5.74) is 3.83. The summed E-state index contributed by atoms with van der Waals surface area (Å²) in [4.78, 5) is 53.7. The summed E-state index contributed by atoms with van der Waals surface area (Å²) in [6.07, 6.45) is 1.91. The molecule has 0 aliphatic heterocycles. The number of phenolic OH excluding ortho intramolecular Hbond substituents is 1. The van der Waals surface area contributed by atoms with Crippen LogP contribution in [0, 0.1) is 11.8 Å². The van der Waals surface area contributed by atoms with Crippen LogP contribution in [0.5, 0.6) is 5.75 Å². The van der Waals surface area contributed by atoms with E-state index in [1.165, 1.54) is 11.0 Å². The standard InChI is InChI=1S/C32H35N3O8/c1-4-5-11-34-31(42)16-8-6-7-15(12-16)18-9-10-21(36)23-19(18)13-17-14-20-25(35(2)3)27(38)24(30(33)41)29(40)32(20,43)28(39)22(17)26(23)37/h6-10,12,17,20,25,36-37,40,43H,4-5,11,13-14H2,1-3H3,(H2,33,41)(H,34,42)/t17-,20-,25-,32-/m0/s1. The minimum atomic E-state index is -2.70. The Morgan fingerprint density at radius 3 is 2.49 bits per heavy atom. The minimum absolute atomic E-state index is 0.00779. The van der Waals surface area contributed by atoms with E-state index in [4.69, 9.17) is 5.73 Å². The van der Waals surface area contributed by atoms with Crippen molar-refractivity contribution in [3.8, 4) is 16.9 Å². The van der Waals surface area contributed by atoms with Crippen molar-refractivity contribution in [3.63, 3.8) is 0 Å². The molecule has 3 aliphatic rings. The molecule has 2 aromatic rings. The fourth-order valence-corrected chi connectivity index (χ4v) is 6.82. The van der Waals surface area contributed by atoms with E-state index in [-0.39, 0.29) is 35.6 Å². The van der Waals surface area contributed by atoms with E-state index in [0.29, 0.717) is 28.8 Å². The van der Waals surface area contributed by atoms with Crippen molar-refractivity contribution >= 4 is 29.1 Å². The number of nitrogens with zero attached hydrogens (tertiary/aromatic N) is 1. The summed E-state index contributed by atoms with van der Waals surface area (Å²) in [5.74, 6) is -7.26. The highest BCUT2D eigenvalue weighted by atomic mass is 16.3. The van der Waals surface area contributed by atoms with Crippen LogP contribution in [-0.2, 0) is 20.8 Å². The monoisotopic (exact) mass is 589 g/mol. The Labute approximate surface area is 248 Å². The molecule has 7 N–H and O–H groups in total. The van der Waals surface area contributed by atoms with Crippen LogP contribution in [0.4, 0.5) is 0 Å². The Bertz CT molecular complexity index is 1620. The number of aromatic hydroxyl groups is 1. The molecule has 2 amide bonds. The first kappa shape index (κ1) is 30.0. The molecule has 0 bridgehead atoms. The number of carbonyl (C=O) groups excluding carboxylic acids is 4. The molecule has 3 aliphatic carbocycles. The number of carbonyl (C=O) groups is 4. The lowest BCUT2D eigenvalue weighted by Gasteiger charge is -2.50. The van der Waals surface area contributed by atoms with Gasteiger partial charge in [0, 0.05) is 23.6 Å². The number of nitrogens with two attached hydrogens (primary N) is 1. The zero-order valence-electron chi connectivity index (χ0n) is 24.2. The van der Waals surface area contributed by atoms with Gasteiger partial charge >= 0.3 is 0 Å². The van der Waals surface area contributed by atoms with Crippen molar-refractivity contribution < 1.29 is 39.6 Å². The highest BCUT2D eigenvalue weighted by Crippen LogP contribution is 2.53. The van der Waals surface area contributed by atoms with E-state index >= 15 is 0 Å². The Hall–Kier alpha value is -4.48. The molecule has 43 heavy (non-hydrogen) atoms. The summed E-state index contributed by atoms with van der Waals surface area (Å²) in [5, 5.41) is 48.0. The highest BCUT2D eigenvalue weighted by molar-refractivity contribution is 6.24. The van der Waals surface area contributed by atoms with Gasteiger partial charge in [-0.3, -0.25) is 24.1 Å². The predicted octanol–water partition coefficient (Wildman–Crippen LogP) is 2.16. The number of Topliss-reactive ketones (excluding diaryl/α,β-unsaturated/α-hetero) is 2. The zero-order chi connectivity index (χ0) is 31.4. The smallest absolute Gasteiger partial charge is 0.255 e. The molecular formula is C32H35N3O8.